The van der Waals surface area contributed by atoms with Crippen molar-refractivity contribution in [2.75, 3.05) is 26.2 Å². The first-order valence-electron chi connectivity index (χ1n) is 31.7. The zero-order valence-electron chi connectivity index (χ0n) is 54.0. The van der Waals surface area contributed by atoms with E-state index in [1.165, 1.54) is 49.9 Å². The van der Waals surface area contributed by atoms with Crippen molar-refractivity contribution in [3.63, 3.8) is 0 Å². The minimum absolute atomic E-state index is 0.0290. The number of nitrogens with zero attached hydrogens (tertiary/aromatic N) is 18. The molecule has 2 N–H and O–H groups in total. The van der Waals surface area contributed by atoms with Crippen LogP contribution in [0.1, 0.15) is 125 Å². The molecule has 0 atom stereocenters. The number of carbonyl (C=O) groups excluding carboxylic acids is 4. The number of aromatic nitrogens is 12. The van der Waals surface area contributed by atoms with E-state index in [9.17, 15) is 36.7 Å². The number of hydrogen-bond acceptors (Lipinski definition) is 16. The van der Waals surface area contributed by atoms with Crippen molar-refractivity contribution in [1.29, 1.82) is 21.0 Å². The largest absolute Gasteiger partial charge is 0.348 e. The molecule has 496 valence electrons. The Morgan fingerprint density at radius 2 is 0.710 bits per heavy atom. The smallest absolute Gasteiger partial charge is 0.274 e. The van der Waals surface area contributed by atoms with E-state index in [2.05, 4.69) is 51.0 Å². The summed E-state index contributed by atoms with van der Waals surface area (Å²) in [5.41, 5.74) is 8.69. The molecule has 12 aromatic rings. The molecule has 0 unspecified atom stereocenters. The topological polar surface area (TPSA) is 315 Å². The van der Waals surface area contributed by atoms with Crippen molar-refractivity contribution >= 4 is 46.2 Å². The molecule has 8 aromatic heterocycles. The van der Waals surface area contributed by atoms with Crippen LogP contribution in [0.25, 0.3) is 67.6 Å². The first-order chi connectivity index (χ1) is 48.4. The fraction of sp³-hybridized carbons (Fsp3) is 0.222. The molecule has 4 aliphatic rings. The average Bonchev–Trinajstić information content (AvgIpc) is 1.60. The number of halogens is 4. The highest BCUT2D eigenvalue weighted by molar-refractivity contribution is 6.02. The van der Waals surface area contributed by atoms with E-state index >= 15 is 0 Å². The second-order valence-electron chi connectivity index (χ2n) is 24.2. The Hall–Kier alpha value is -13.1. The second kappa shape index (κ2) is 27.2. The van der Waals surface area contributed by atoms with Gasteiger partial charge in [-0.1, -0.05) is 0 Å². The Bertz CT molecular complexity index is 5200. The summed E-state index contributed by atoms with van der Waals surface area (Å²) in [5.74, 6) is -3.48. The van der Waals surface area contributed by atoms with Crippen LogP contribution >= 0.6 is 0 Å². The van der Waals surface area contributed by atoms with Crippen LogP contribution in [0.5, 0.6) is 0 Å². The van der Waals surface area contributed by atoms with E-state index in [4.69, 9.17) is 21.0 Å². The first-order valence-corrected chi connectivity index (χ1v) is 31.7. The highest BCUT2D eigenvalue weighted by atomic mass is 19.1. The summed E-state index contributed by atoms with van der Waals surface area (Å²) in [6.07, 6.45) is 12.0. The number of imidazole rings is 4. The lowest BCUT2D eigenvalue weighted by Gasteiger charge is -2.30. The van der Waals surface area contributed by atoms with Gasteiger partial charge in [-0.3, -0.25) is 19.2 Å². The number of rotatable bonds is 10. The van der Waals surface area contributed by atoms with Crippen LogP contribution in [-0.2, 0) is 0 Å². The Kier molecular flexibility index (Phi) is 17.8. The maximum atomic E-state index is 14.7. The van der Waals surface area contributed by atoms with Crippen molar-refractivity contribution in [3.8, 4) is 69.3 Å². The van der Waals surface area contributed by atoms with Crippen molar-refractivity contribution in [1.82, 2.24) is 78.8 Å². The zero-order chi connectivity index (χ0) is 70.2. The number of aryl methyl sites for hydroxylation is 4. The molecule has 100 heavy (non-hydrogen) atoms. The van der Waals surface area contributed by atoms with Gasteiger partial charge in [0, 0.05) is 85.3 Å². The number of fused-ring (bicyclic) bond motifs is 4. The van der Waals surface area contributed by atoms with Crippen molar-refractivity contribution in [3.05, 3.63) is 212 Å². The van der Waals surface area contributed by atoms with Gasteiger partial charge in [-0.2, -0.15) is 41.4 Å². The van der Waals surface area contributed by atoms with Gasteiger partial charge in [0.2, 0.25) is 0 Å². The summed E-state index contributed by atoms with van der Waals surface area (Å²) in [6, 6.07) is 32.7. The van der Waals surface area contributed by atoms with Gasteiger partial charge < -0.3 is 20.4 Å². The molecular weight excluding hydrogens is 1280 g/mol. The van der Waals surface area contributed by atoms with Crippen LogP contribution in [0.15, 0.2) is 122 Å². The minimum atomic E-state index is -0.637. The fourth-order valence-corrected chi connectivity index (χ4v) is 11.4. The monoisotopic (exact) mass is 1340 g/mol. The molecule has 28 heteroatoms. The molecule has 2 aliphatic heterocycles. The lowest BCUT2D eigenvalue weighted by atomic mass is 10.0. The van der Waals surface area contributed by atoms with Gasteiger partial charge in [-0.25, -0.2) is 55.6 Å². The second-order valence-corrected chi connectivity index (χ2v) is 24.2. The van der Waals surface area contributed by atoms with E-state index < -0.39 is 23.3 Å². The predicted molar refractivity (Wildman–Crippen MR) is 353 cm³/mol. The van der Waals surface area contributed by atoms with Gasteiger partial charge in [0.15, 0.2) is 45.4 Å². The van der Waals surface area contributed by atoms with Crippen LogP contribution in [0.4, 0.5) is 17.6 Å². The molecule has 0 spiro atoms. The van der Waals surface area contributed by atoms with Crippen molar-refractivity contribution < 1.29 is 36.7 Å². The van der Waals surface area contributed by atoms with Gasteiger partial charge in [-0.15, -0.1) is 0 Å². The van der Waals surface area contributed by atoms with E-state index in [0.717, 1.165) is 38.5 Å². The quantitative estimate of drug-likeness (QED) is 0.120. The van der Waals surface area contributed by atoms with Gasteiger partial charge in [0.1, 0.15) is 58.2 Å². The highest BCUT2D eigenvalue weighted by Crippen LogP contribution is 2.36. The molecule has 4 aromatic carbocycles. The van der Waals surface area contributed by atoms with Crippen molar-refractivity contribution in [2.24, 2.45) is 0 Å². The summed E-state index contributed by atoms with van der Waals surface area (Å²) in [7, 11) is 0. The number of amides is 4. The molecule has 0 bridgehead atoms. The predicted octanol–water partition coefficient (Wildman–Crippen LogP) is 10.3. The Balaban J connectivity index is 0.000000119. The van der Waals surface area contributed by atoms with Crippen LogP contribution in [0.3, 0.4) is 0 Å². The summed E-state index contributed by atoms with van der Waals surface area (Å²) in [5, 5.41) is 58.9. The lowest BCUT2D eigenvalue weighted by molar-refractivity contribution is 0.0640. The van der Waals surface area contributed by atoms with Gasteiger partial charge in [0.25, 0.3) is 23.6 Å². The standard InChI is InChI=1S/4C18H14FN5O/c1-11-8-13(14(19)9-12(11)10-20)17-16(18(25)23-6-3-7-23)22-15-4-2-5-21-24(15)17;1-11-8-12(10-20)14(19)9-13(11)17-16(18(25)23-6-3-7-23)22-15-4-2-5-21-24(15)17;1-10-7-13(14(19)8-11(10)9-20)17-16(18(25)22-12-4-5-12)23-15-3-2-6-21-24(15)17;1-10-7-11(9-20)14(19)8-13(10)17-16(18(25)22-12-4-5-12)23-15-3-2-6-21-24(15)17/h2*2,4-5,8-9H,3,6-7H2,1H3;2*2-3,6-8,12H,4-5H2,1H3,(H,22,25). The lowest BCUT2D eigenvalue weighted by Crippen LogP contribution is -2.42. The van der Waals surface area contributed by atoms with Gasteiger partial charge >= 0.3 is 0 Å². The third-order valence-electron chi connectivity index (χ3n) is 17.3. The maximum absolute atomic E-state index is 14.7. The maximum Gasteiger partial charge on any atom is 0.274 e. The molecule has 2 aliphatic carbocycles. The Morgan fingerprint density at radius 1 is 0.400 bits per heavy atom. The summed E-state index contributed by atoms with van der Waals surface area (Å²) >= 11 is 0. The first kappa shape index (κ1) is 65.6. The number of nitrogens with one attached hydrogen (secondary N) is 2. The number of nitriles is 4. The van der Waals surface area contributed by atoms with Crippen LogP contribution in [-0.4, -0.2) is 130 Å². The molecule has 10 heterocycles. The SMILES string of the molecule is Cc1cc(-c2c(C(=O)N3CCC3)nc3cccnn23)c(F)cc1C#N.Cc1cc(-c2c(C(=O)NC3CC3)nc3cccnn23)c(F)cc1C#N.Cc1cc(C#N)c(F)cc1-c1c(C(=O)N2CCC2)nc2cccnn12.Cc1cc(C#N)c(F)cc1-c1c(C(=O)NC2CC2)nc2cccnn12. The molecular formula is C72H56F4N20O4. The highest BCUT2D eigenvalue weighted by Gasteiger charge is 2.34. The van der Waals surface area contributed by atoms with Crippen molar-refractivity contribution in [2.45, 2.75) is 78.3 Å². The molecule has 16 rings (SSSR count). The van der Waals surface area contributed by atoms with E-state index in [-0.39, 0.29) is 91.9 Å². The van der Waals surface area contributed by atoms with Crippen LogP contribution in [0, 0.1) is 96.3 Å². The molecule has 4 fully saturated rings. The number of benzene rings is 4. The van der Waals surface area contributed by atoms with Gasteiger partial charge in [-0.05, 0) is 186 Å². The minimum Gasteiger partial charge on any atom is -0.348 e. The van der Waals surface area contributed by atoms with Gasteiger partial charge in [0.05, 0.1) is 34.4 Å². The number of hydrogen-bond donors (Lipinski definition) is 2. The van der Waals surface area contributed by atoms with Crippen LogP contribution < -0.4 is 10.6 Å². The fourth-order valence-electron chi connectivity index (χ4n) is 11.4. The van der Waals surface area contributed by atoms with E-state index in [1.54, 1.807) is 127 Å². The molecule has 0 radical (unpaired) electrons. The summed E-state index contributed by atoms with van der Waals surface area (Å²) in [4.78, 5) is 71.7. The third kappa shape index (κ3) is 12.7. The third-order valence-corrected chi connectivity index (χ3v) is 17.3. The summed E-state index contributed by atoms with van der Waals surface area (Å²) in [6.45, 7) is 9.73. The average molecular weight is 1340 g/mol. The van der Waals surface area contributed by atoms with E-state index in [0.29, 0.717) is 105 Å². The molecule has 2 saturated carbocycles. The Labute approximate surface area is 566 Å². The zero-order valence-corrected chi connectivity index (χ0v) is 54.0. The molecule has 2 saturated heterocycles. The number of likely N-dealkylation sites (tertiary alicyclic amines) is 2. The molecule has 24 nitrogen and oxygen atoms in total. The number of carbonyl (C=O) groups is 4. The normalized spacial score (nSPS) is 13.6. The summed E-state index contributed by atoms with van der Waals surface area (Å²) < 4.78 is 63.8. The van der Waals surface area contributed by atoms with E-state index in [1.807, 2.05) is 24.3 Å². The molecule has 4 amide bonds. The van der Waals surface area contributed by atoms with Crippen LogP contribution in [0.2, 0.25) is 0 Å². The Morgan fingerprint density at radius 3 is 1.02 bits per heavy atom.